The van der Waals surface area contributed by atoms with Crippen molar-refractivity contribution in [2.45, 2.75) is 52.7 Å². The summed E-state index contributed by atoms with van der Waals surface area (Å²) in [5, 5.41) is 19.4. The van der Waals surface area contributed by atoms with Gasteiger partial charge in [-0.1, -0.05) is 11.3 Å². The normalized spacial score (nSPS) is 11.8. The standard InChI is InChI=1S/C18H24N4O5S/c1-10-11(14(23)24)12(28-13(10)22-9-7-8-19-22)20-16(26)21-18(5,6)15(25)27-17(2,3)4/h7-9H,1-6H3,(H,23,24)(H2,20,21,26). The maximum absolute atomic E-state index is 12.4. The van der Waals surface area contributed by atoms with Crippen LogP contribution in [0.2, 0.25) is 0 Å². The minimum atomic E-state index is -1.31. The maximum atomic E-state index is 12.4. The molecule has 152 valence electrons. The Morgan fingerprint density at radius 1 is 1.21 bits per heavy atom. The van der Waals surface area contributed by atoms with Gasteiger partial charge in [-0.25, -0.2) is 19.1 Å². The van der Waals surface area contributed by atoms with Gasteiger partial charge in [0, 0.05) is 18.0 Å². The molecule has 0 radical (unpaired) electrons. The molecule has 0 unspecified atom stereocenters. The van der Waals surface area contributed by atoms with E-state index in [1.807, 2.05) is 0 Å². The smallest absolute Gasteiger partial charge is 0.339 e. The van der Waals surface area contributed by atoms with E-state index in [1.54, 1.807) is 46.2 Å². The van der Waals surface area contributed by atoms with Crippen LogP contribution >= 0.6 is 11.3 Å². The van der Waals surface area contributed by atoms with Gasteiger partial charge in [0.2, 0.25) is 0 Å². The number of carbonyl (C=O) groups excluding carboxylic acids is 2. The van der Waals surface area contributed by atoms with E-state index in [1.165, 1.54) is 18.5 Å². The topological polar surface area (TPSA) is 123 Å². The molecule has 2 rings (SSSR count). The summed E-state index contributed by atoms with van der Waals surface area (Å²) >= 11 is 1.08. The number of hydrogen-bond acceptors (Lipinski definition) is 6. The Hall–Kier alpha value is -2.88. The number of anilines is 1. The number of carboxylic acid groups (broad SMARTS) is 1. The predicted octanol–water partition coefficient (Wildman–Crippen LogP) is 3.18. The van der Waals surface area contributed by atoms with Gasteiger partial charge in [0.05, 0.1) is 5.56 Å². The van der Waals surface area contributed by atoms with E-state index in [-0.39, 0.29) is 10.6 Å². The van der Waals surface area contributed by atoms with E-state index < -0.39 is 29.1 Å². The fraction of sp³-hybridized carbons (Fsp3) is 0.444. The molecule has 0 aromatic carbocycles. The number of nitrogens with zero attached hydrogens (tertiary/aromatic N) is 2. The molecule has 2 heterocycles. The average molecular weight is 408 g/mol. The molecule has 0 bridgehead atoms. The summed E-state index contributed by atoms with van der Waals surface area (Å²) < 4.78 is 6.83. The second kappa shape index (κ2) is 7.63. The van der Waals surface area contributed by atoms with Gasteiger partial charge in [-0.3, -0.25) is 5.32 Å². The zero-order chi connectivity index (χ0) is 21.3. The first-order chi connectivity index (χ1) is 12.8. The van der Waals surface area contributed by atoms with Crippen LogP contribution in [0.1, 0.15) is 50.5 Å². The summed E-state index contributed by atoms with van der Waals surface area (Å²) in [6, 6.07) is 0.995. The van der Waals surface area contributed by atoms with Gasteiger partial charge in [-0.2, -0.15) is 5.10 Å². The SMILES string of the molecule is Cc1c(-n2cccn2)sc(NC(=O)NC(C)(C)C(=O)OC(C)(C)C)c1C(=O)O. The highest BCUT2D eigenvalue weighted by molar-refractivity contribution is 7.19. The van der Waals surface area contributed by atoms with E-state index >= 15 is 0 Å². The number of nitrogens with one attached hydrogen (secondary N) is 2. The van der Waals surface area contributed by atoms with Gasteiger partial charge in [0.15, 0.2) is 0 Å². The van der Waals surface area contributed by atoms with Crippen LogP contribution in [0.5, 0.6) is 0 Å². The average Bonchev–Trinajstić information content (AvgIpc) is 3.12. The molecule has 0 fully saturated rings. The van der Waals surface area contributed by atoms with Crippen molar-refractivity contribution in [2.75, 3.05) is 5.32 Å². The highest BCUT2D eigenvalue weighted by atomic mass is 32.1. The highest BCUT2D eigenvalue weighted by Gasteiger charge is 2.34. The van der Waals surface area contributed by atoms with Crippen molar-refractivity contribution in [3.63, 3.8) is 0 Å². The summed E-state index contributed by atoms with van der Waals surface area (Å²) in [4.78, 5) is 36.4. The van der Waals surface area contributed by atoms with E-state index in [9.17, 15) is 19.5 Å². The molecule has 28 heavy (non-hydrogen) atoms. The number of aromatic nitrogens is 2. The number of carboxylic acids is 1. The Morgan fingerprint density at radius 2 is 1.86 bits per heavy atom. The van der Waals surface area contributed by atoms with Crippen LogP contribution in [-0.4, -0.2) is 44.0 Å². The largest absolute Gasteiger partial charge is 0.478 e. The van der Waals surface area contributed by atoms with Gasteiger partial charge in [-0.05, 0) is 47.6 Å². The molecule has 0 spiro atoms. The number of aromatic carboxylic acids is 1. The lowest BCUT2D eigenvalue weighted by atomic mass is 10.1. The Balaban J connectivity index is 2.23. The van der Waals surface area contributed by atoms with Crippen LogP contribution in [-0.2, 0) is 9.53 Å². The summed E-state index contributed by atoms with van der Waals surface area (Å²) in [6.07, 6.45) is 3.25. The molecule has 0 aliphatic carbocycles. The number of urea groups is 1. The minimum Gasteiger partial charge on any atom is -0.478 e. The summed E-state index contributed by atoms with van der Waals surface area (Å²) in [6.45, 7) is 9.84. The first kappa shape index (κ1) is 21.4. The number of carbonyl (C=O) groups is 3. The third kappa shape index (κ3) is 4.89. The quantitative estimate of drug-likeness (QED) is 0.653. The van der Waals surface area contributed by atoms with Gasteiger partial charge >= 0.3 is 18.0 Å². The van der Waals surface area contributed by atoms with Crippen molar-refractivity contribution in [3.05, 3.63) is 29.6 Å². The summed E-state index contributed by atoms with van der Waals surface area (Å²) in [5.41, 5.74) is -1.56. The molecule has 3 N–H and O–H groups in total. The summed E-state index contributed by atoms with van der Waals surface area (Å²) in [7, 11) is 0. The van der Waals surface area contributed by atoms with E-state index in [0.29, 0.717) is 10.6 Å². The first-order valence-corrected chi connectivity index (χ1v) is 9.33. The maximum Gasteiger partial charge on any atom is 0.339 e. The van der Waals surface area contributed by atoms with Gasteiger partial charge in [0.25, 0.3) is 0 Å². The Bertz CT molecular complexity index is 894. The molecule has 0 aliphatic heterocycles. The summed E-state index contributed by atoms with van der Waals surface area (Å²) in [5.74, 6) is -1.78. The molecule has 2 aromatic rings. The molecule has 9 nitrogen and oxygen atoms in total. The molecule has 2 aromatic heterocycles. The fourth-order valence-corrected chi connectivity index (χ4v) is 3.47. The molecule has 2 amide bonds. The van der Waals surface area contributed by atoms with Gasteiger partial charge in [0.1, 0.15) is 21.1 Å². The third-order valence-electron chi connectivity index (χ3n) is 3.61. The molecule has 0 saturated carbocycles. The minimum absolute atomic E-state index is 0.0271. The monoisotopic (exact) mass is 408 g/mol. The Kier molecular flexibility index (Phi) is 5.83. The number of ether oxygens (including phenoxy) is 1. The van der Waals surface area contributed by atoms with Crippen LogP contribution in [0.4, 0.5) is 9.80 Å². The predicted molar refractivity (Wildman–Crippen MR) is 105 cm³/mol. The lowest BCUT2D eigenvalue weighted by Gasteiger charge is -2.29. The molecular formula is C18H24N4O5S. The van der Waals surface area contributed by atoms with Crippen molar-refractivity contribution in [3.8, 4) is 5.00 Å². The molecule has 0 atom stereocenters. The first-order valence-electron chi connectivity index (χ1n) is 8.51. The van der Waals surface area contributed by atoms with Crippen molar-refractivity contribution in [1.82, 2.24) is 15.1 Å². The molecular weight excluding hydrogens is 384 g/mol. The van der Waals surface area contributed by atoms with Crippen molar-refractivity contribution >= 4 is 34.3 Å². The Morgan fingerprint density at radius 3 is 2.36 bits per heavy atom. The van der Waals surface area contributed by atoms with E-state index in [4.69, 9.17) is 4.74 Å². The number of amides is 2. The second-order valence-corrected chi connectivity index (χ2v) is 8.70. The third-order valence-corrected chi connectivity index (χ3v) is 4.81. The van der Waals surface area contributed by atoms with Crippen LogP contribution in [0.25, 0.3) is 5.00 Å². The Labute approximate surface area is 166 Å². The number of hydrogen-bond donors (Lipinski definition) is 3. The zero-order valence-corrected chi connectivity index (χ0v) is 17.4. The van der Waals surface area contributed by atoms with Crippen LogP contribution in [0, 0.1) is 6.92 Å². The molecule has 0 aliphatic rings. The van der Waals surface area contributed by atoms with E-state index in [0.717, 1.165) is 11.3 Å². The number of thiophene rings is 1. The highest BCUT2D eigenvalue weighted by Crippen LogP contribution is 2.35. The lowest BCUT2D eigenvalue weighted by molar-refractivity contribution is -0.161. The van der Waals surface area contributed by atoms with Crippen LogP contribution in [0.3, 0.4) is 0 Å². The molecule has 0 saturated heterocycles. The van der Waals surface area contributed by atoms with Crippen molar-refractivity contribution in [1.29, 1.82) is 0 Å². The lowest BCUT2D eigenvalue weighted by Crippen LogP contribution is -2.53. The van der Waals surface area contributed by atoms with Crippen LogP contribution < -0.4 is 10.6 Å². The second-order valence-electron chi connectivity index (χ2n) is 7.70. The molecule has 10 heteroatoms. The number of rotatable bonds is 5. The van der Waals surface area contributed by atoms with Crippen LogP contribution in [0.15, 0.2) is 18.5 Å². The van der Waals surface area contributed by atoms with Crippen molar-refractivity contribution < 1.29 is 24.2 Å². The zero-order valence-electron chi connectivity index (χ0n) is 16.6. The fourth-order valence-electron chi connectivity index (χ4n) is 2.33. The van der Waals surface area contributed by atoms with Gasteiger partial charge < -0.3 is 15.2 Å². The number of esters is 1. The van der Waals surface area contributed by atoms with Crippen molar-refractivity contribution in [2.24, 2.45) is 0 Å². The van der Waals surface area contributed by atoms with E-state index in [2.05, 4.69) is 15.7 Å². The van der Waals surface area contributed by atoms with Gasteiger partial charge in [-0.15, -0.1) is 0 Å².